The molecule has 0 radical (unpaired) electrons. The van der Waals surface area contributed by atoms with Crippen molar-refractivity contribution in [2.75, 3.05) is 20.8 Å². The minimum absolute atomic E-state index is 0.0478. The highest BCUT2D eigenvalue weighted by atomic mass is 16.5. The van der Waals surface area contributed by atoms with Crippen LogP contribution in [0.15, 0.2) is 64.6 Å². The van der Waals surface area contributed by atoms with Crippen molar-refractivity contribution in [1.82, 2.24) is 5.32 Å². The number of ketones is 1. The fourth-order valence-corrected chi connectivity index (χ4v) is 3.09. The van der Waals surface area contributed by atoms with Gasteiger partial charge in [-0.25, -0.2) is 4.99 Å². The van der Waals surface area contributed by atoms with E-state index >= 15 is 0 Å². The van der Waals surface area contributed by atoms with Crippen LogP contribution >= 0.6 is 0 Å². The number of allylic oxidation sites excluding steroid dienone is 1. The van der Waals surface area contributed by atoms with Gasteiger partial charge in [-0.1, -0.05) is 32.0 Å². The number of hydrogen-bond acceptors (Lipinski definition) is 7. The van der Waals surface area contributed by atoms with Crippen LogP contribution in [0.5, 0.6) is 5.75 Å². The van der Waals surface area contributed by atoms with Gasteiger partial charge >= 0.3 is 0 Å². The lowest BCUT2D eigenvalue weighted by molar-refractivity contribution is -0.112. The zero-order valence-electron chi connectivity index (χ0n) is 23.6. The number of amides is 1. The van der Waals surface area contributed by atoms with Gasteiger partial charge in [0.15, 0.2) is 5.78 Å². The van der Waals surface area contributed by atoms with E-state index in [2.05, 4.69) is 22.2 Å². The summed E-state index contributed by atoms with van der Waals surface area (Å²) in [5.74, 6) is 1.50. The van der Waals surface area contributed by atoms with Gasteiger partial charge < -0.3 is 19.9 Å². The molecular formula is C30H41N3O5. The Bertz CT molecular complexity index is 1140. The molecular weight excluding hydrogens is 482 g/mol. The summed E-state index contributed by atoms with van der Waals surface area (Å²) < 4.78 is 10.5. The fourth-order valence-electron chi connectivity index (χ4n) is 3.09. The van der Waals surface area contributed by atoms with Gasteiger partial charge in [-0.15, -0.1) is 0 Å². The Morgan fingerprint density at radius 1 is 1.11 bits per heavy atom. The molecule has 2 rings (SSSR count). The number of hydrogen-bond donors (Lipinski definition) is 2. The molecule has 0 bridgehead atoms. The number of aliphatic imine (C=N–C) groups is 2. The molecule has 2 aromatic rings. The number of carbonyl (C=O) groups excluding carboxylic acids is 2. The number of aryl methyl sites for hydroxylation is 2. The molecule has 0 aliphatic rings. The summed E-state index contributed by atoms with van der Waals surface area (Å²) in [5, 5.41) is 12.1. The largest absolute Gasteiger partial charge is 0.497 e. The molecule has 0 heterocycles. The van der Waals surface area contributed by atoms with Crippen LogP contribution in [0, 0.1) is 6.92 Å². The number of nitrogens with zero attached hydrogens (tertiary/aromatic N) is 2. The molecule has 0 aliphatic carbocycles. The fraction of sp³-hybridized carbons (Fsp3) is 0.400. The molecule has 0 aromatic heterocycles. The molecule has 1 amide bonds. The molecule has 8 heteroatoms. The van der Waals surface area contributed by atoms with Crippen molar-refractivity contribution >= 4 is 29.1 Å². The van der Waals surface area contributed by atoms with Crippen LogP contribution in [-0.4, -0.2) is 55.4 Å². The average Bonchev–Trinajstić information content (AvgIpc) is 2.91. The number of amidine groups is 1. The molecule has 2 aromatic carbocycles. The van der Waals surface area contributed by atoms with E-state index in [0.717, 1.165) is 29.0 Å². The number of aliphatic hydroxyl groups excluding tert-OH is 1. The maximum atomic E-state index is 12.3. The number of aliphatic hydroxyl groups is 1. The van der Waals surface area contributed by atoms with E-state index in [1.54, 1.807) is 27.1 Å². The summed E-state index contributed by atoms with van der Waals surface area (Å²) in [7, 11) is 3.21. The Labute approximate surface area is 226 Å². The van der Waals surface area contributed by atoms with Crippen LogP contribution in [0.3, 0.4) is 0 Å². The third-order valence-electron chi connectivity index (χ3n) is 5.45. The third kappa shape index (κ3) is 12.5. The maximum Gasteiger partial charge on any atom is 0.256 e. The standard InChI is InChI=1S/C19H22N2O2.C11H19NO3/c1-5-15-7-6-8-16(11-15)19(22)21-14(3)20-18-12-17(23-4)10-9-13(18)2;1-4-10(14)7-8-15-11(12-3)6-5-9(2)13/h6-12H,5H2,1-4H3,(H,20,21,22);5-6,10,14H,4,7-8H2,1-3H3/b;6-5-,12-11?. The number of methoxy groups -OCH3 is 1. The Hall–Kier alpha value is -3.78. The van der Waals surface area contributed by atoms with Gasteiger partial charge in [-0.2, -0.15) is 0 Å². The topological polar surface area (TPSA) is 110 Å². The van der Waals surface area contributed by atoms with Crippen LogP contribution in [-0.2, 0) is 16.0 Å². The molecule has 0 spiro atoms. The van der Waals surface area contributed by atoms with Crippen molar-refractivity contribution in [2.24, 2.45) is 9.98 Å². The molecule has 1 unspecified atom stereocenters. The maximum absolute atomic E-state index is 12.3. The van der Waals surface area contributed by atoms with Crippen LogP contribution in [0.2, 0.25) is 0 Å². The molecule has 206 valence electrons. The number of rotatable bonds is 10. The lowest BCUT2D eigenvalue weighted by Gasteiger charge is -2.08. The van der Waals surface area contributed by atoms with Gasteiger partial charge in [0.1, 0.15) is 11.6 Å². The van der Waals surface area contributed by atoms with E-state index in [1.807, 2.05) is 50.2 Å². The highest BCUT2D eigenvalue weighted by Crippen LogP contribution is 2.24. The van der Waals surface area contributed by atoms with Crippen molar-refractivity contribution in [2.45, 2.75) is 60.0 Å². The van der Waals surface area contributed by atoms with Gasteiger partial charge in [-0.3, -0.25) is 14.6 Å². The molecule has 0 fully saturated rings. The first-order valence-corrected chi connectivity index (χ1v) is 12.7. The number of carbonyl (C=O) groups is 2. The second-order valence-electron chi connectivity index (χ2n) is 8.56. The number of ether oxygens (including phenoxy) is 2. The summed E-state index contributed by atoms with van der Waals surface area (Å²) in [6.07, 6.45) is 4.78. The summed E-state index contributed by atoms with van der Waals surface area (Å²) >= 11 is 0. The van der Waals surface area contributed by atoms with E-state index in [4.69, 9.17) is 9.47 Å². The summed E-state index contributed by atoms with van der Waals surface area (Å²) in [6.45, 7) is 9.59. The van der Waals surface area contributed by atoms with E-state index in [-0.39, 0.29) is 17.8 Å². The predicted octanol–water partition coefficient (Wildman–Crippen LogP) is 5.38. The zero-order chi connectivity index (χ0) is 28.5. The minimum Gasteiger partial charge on any atom is -0.497 e. The first-order chi connectivity index (χ1) is 18.1. The Kier molecular flexibility index (Phi) is 15.0. The number of nitrogens with one attached hydrogen (secondary N) is 1. The van der Waals surface area contributed by atoms with Gasteiger partial charge in [0.05, 0.1) is 25.5 Å². The van der Waals surface area contributed by atoms with Crippen molar-refractivity contribution in [3.8, 4) is 5.75 Å². The van der Waals surface area contributed by atoms with Crippen LogP contribution in [0.4, 0.5) is 5.69 Å². The van der Waals surface area contributed by atoms with Crippen LogP contribution in [0.1, 0.15) is 62.0 Å². The predicted molar refractivity (Wildman–Crippen MR) is 154 cm³/mol. The quantitative estimate of drug-likeness (QED) is 0.247. The Morgan fingerprint density at radius 3 is 2.45 bits per heavy atom. The summed E-state index contributed by atoms with van der Waals surface area (Å²) in [6, 6.07) is 13.3. The molecule has 0 saturated heterocycles. The van der Waals surface area contributed by atoms with E-state index < -0.39 is 0 Å². The lowest BCUT2D eigenvalue weighted by Crippen LogP contribution is -2.28. The van der Waals surface area contributed by atoms with Crippen LogP contribution < -0.4 is 10.1 Å². The van der Waals surface area contributed by atoms with Gasteiger partial charge in [-0.05, 0) is 69.0 Å². The van der Waals surface area contributed by atoms with E-state index in [0.29, 0.717) is 36.7 Å². The summed E-state index contributed by atoms with van der Waals surface area (Å²) in [5.41, 5.74) is 3.58. The highest BCUT2D eigenvalue weighted by molar-refractivity contribution is 6.06. The zero-order valence-corrected chi connectivity index (χ0v) is 23.6. The smallest absolute Gasteiger partial charge is 0.256 e. The Morgan fingerprint density at radius 2 is 1.84 bits per heavy atom. The molecule has 8 nitrogen and oxygen atoms in total. The second kappa shape index (κ2) is 17.6. The molecule has 0 saturated carbocycles. The third-order valence-corrected chi connectivity index (χ3v) is 5.45. The molecule has 0 aliphatic heterocycles. The van der Waals surface area contributed by atoms with Crippen LogP contribution in [0.25, 0.3) is 0 Å². The average molecular weight is 524 g/mol. The van der Waals surface area contributed by atoms with Gasteiger partial charge in [0.2, 0.25) is 5.90 Å². The first kappa shape index (κ1) is 32.2. The highest BCUT2D eigenvalue weighted by Gasteiger charge is 2.08. The minimum atomic E-state index is -0.333. The van der Waals surface area contributed by atoms with E-state index in [1.165, 1.54) is 19.1 Å². The first-order valence-electron chi connectivity index (χ1n) is 12.7. The van der Waals surface area contributed by atoms with E-state index in [9.17, 15) is 14.7 Å². The lowest BCUT2D eigenvalue weighted by atomic mass is 10.1. The monoisotopic (exact) mass is 523 g/mol. The SMILES string of the molecule is CCC(O)CCOC(/C=C\C(C)=O)=NC.CCc1cccc(C(=O)NC(C)=Nc2cc(OC)ccc2C)c1. The van der Waals surface area contributed by atoms with Crippen molar-refractivity contribution in [3.05, 3.63) is 71.3 Å². The number of benzene rings is 2. The second-order valence-corrected chi connectivity index (χ2v) is 8.56. The Balaban J connectivity index is 0.000000420. The molecule has 38 heavy (non-hydrogen) atoms. The van der Waals surface area contributed by atoms with Gasteiger partial charge in [0.25, 0.3) is 5.91 Å². The summed E-state index contributed by atoms with van der Waals surface area (Å²) in [4.78, 5) is 31.3. The van der Waals surface area contributed by atoms with Gasteiger partial charge in [0, 0.05) is 31.2 Å². The normalized spacial score (nSPS) is 12.4. The van der Waals surface area contributed by atoms with Crippen molar-refractivity contribution in [3.63, 3.8) is 0 Å². The molecule has 1 atom stereocenters. The van der Waals surface area contributed by atoms with Crippen molar-refractivity contribution < 1.29 is 24.2 Å². The molecule has 2 N–H and O–H groups in total. The van der Waals surface area contributed by atoms with Crippen molar-refractivity contribution in [1.29, 1.82) is 0 Å².